The van der Waals surface area contributed by atoms with Crippen molar-refractivity contribution in [1.82, 2.24) is 4.57 Å². The van der Waals surface area contributed by atoms with E-state index in [2.05, 4.69) is 22.8 Å². The van der Waals surface area contributed by atoms with Crippen LogP contribution in [0.5, 0.6) is 5.75 Å². The molecule has 1 aromatic heterocycles. The van der Waals surface area contributed by atoms with Crippen molar-refractivity contribution < 1.29 is 23.0 Å². The number of hydrogen-bond donors (Lipinski definition) is 0. The highest BCUT2D eigenvalue weighted by Crippen LogP contribution is 2.30. The standard InChI is InChI=1S/C24H27F2NO3/c1-18(28)29-14-6-12-24(25,26)13-7-15-30-21-11-10-20-16-22(27(2)23(20)17-21)19-8-4-3-5-9-19/h3-5,8-11,16-17H,6-7,12-15H2,1-2H3. The van der Waals surface area contributed by atoms with Crippen LogP contribution in [0.25, 0.3) is 22.2 Å². The number of hydrogen-bond acceptors (Lipinski definition) is 3. The van der Waals surface area contributed by atoms with Crippen LogP contribution >= 0.6 is 0 Å². The van der Waals surface area contributed by atoms with Gasteiger partial charge in [0.1, 0.15) is 5.75 Å². The Hall–Kier alpha value is -2.89. The fraction of sp³-hybridized carbons (Fsp3) is 0.375. The third-order valence-corrected chi connectivity index (χ3v) is 5.03. The molecule has 0 aliphatic heterocycles. The van der Waals surface area contributed by atoms with Crippen molar-refractivity contribution in [2.24, 2.45) is 7.05 Å². The molecular weight excluding hydrogens is 388 g/mol. The van der Waals surface area contributed by atoms with Crippen LogP contribution in [0.2, 0.25) is 0 Å². The monoisotopic (exact) mass is 415 g/mol. The van der Waals surface area contributed by atoms with Gasteiger partial charge < -0.3 is 14.0 Å². The normalized spacial score (nSPS) is 11.6. The lowest BCUT2D eigenvalue weighted by molar-refractivity contribution is -0.141. The zero-order valence-corrected chi connectivity index (χ0v) is 17.4. The molecule has 0 fully saturated rings. The van der Waals surface area contributed by atoms with Crippen LogP contribution in [0, 0.1) is 0 Å². The first-order chi connectivity index (χ1) is 14.4. The Morgan fingerprint density at radius 1 is 1.00 bits per heavy atom. The Labute approximate surface area is 175 Å². The fourth-order valence-electron chi connectivity index (χ4n) is 3.48. The number of carbonyl (C=O) groups is 1. The lowest BCUT2D eigenvalue weighted by Gasteiger charge is -2.16. The van der Waals surface area contributed by atoms with Crippen molar-refractivity contribution in [3.05, 3.63) is 54.6 Å². The molecule has 0 unspecified atom stereocenters. The minimum atomic E-state index is -2.78. The third-order valence-electron chi connectivity index (χ3n) is 5.03. The summed E-state index contributed by atoms with van der Waals surface area (Å²) in [6, 6.07) is 18.1. The largest absolute Gasteiger partial charge is 0.494 e. The maximum atomic E-state index is 13.9. The quantitative estimate of drug-likeness (QED) is 0.302. The summed E-state index contributed by atoms with van der Waals surface area (Å²) in [4.78, 5) is 10.7. The van der Waals surface area contributed by atoms with Crippen LogP contribution in [0.15, 0.2) is 54.6 Å². The zero-order valence-electron chi connectivity index (χ0n) is 17.4. The second kappa shape index (κ2) is 9.74. The summed E-state index contributed by atoms with van der Waals surface area (Å²) in [5.74, 6) is -2.56. The van der Waals surface area contributed by atoms with E-state index in [9.17, 15) is 13.6 Å². The molecule has 160 valence electrons. The van der Waals surface area contributed by atoms with Crippen LogP contribution in [0.4, 0.5) is 8.78 Å². The van der Waals surface area contributed by atoms with Crippen molar-refractivity contribution in [1.29, 1.82) is 0 Å². The van der Waals surface area contributed by atoms with E-state index in [1.807, 2.05) is 43.4 Å². The van der Waals surface area contributed by atoms with Gasteiger partial charge >= 0.3 is 5.97 Å². The van der Waals surface area contributed by atoms with E-state index in [4.69, 9.17) is 9.47 Å². The molecule has 0 saturated carbocycles. The van der Waals surface area contributed by atoms with Crippen LogP contribution < -0.4 is 4.74 Å². The molecule has 0 radical (unpaired) electrons. The molecule has 3 rings (SSSR count). The van der Waals surface area contributed by atoms with Crippen molar-refractivity contribution in [3.63, 3.8) is 0 Å². The molecule has 2 aromatic carbocycles. The molecule has 0 atom stereocenters. The number of aryl methyl sites for hydroxylation is 1. The minimum absolute atomic E-state index is 0.0308. The van der Waals surface area contributed by atoms with Gasteiger partial charge in [0.25, 0.3) is 0 Å². The second-order valence-electron chi connectivity index (χ2n) is 7.43. The van der Waals surface area contributed by atoms with Crippen molar-refractivity contribution in [3.8, 4) is 17.0 Å². The first-order valence-electron chi connectivity index (χ1n) is 10.1. The Kier molecular flexibility index (Phi) is 7.08. The highest BCUT2D eigenvalue weighted by molar-refractivity contribution is 5.88. The molecule has 0 bridgehead atoms. The van der Waals surface area contributed by atoms with Gasteiger partial charge in [-0.05, 0) is 36.6 Å². The van der Waals surface area contributed by atoms with Crippen LogP contribution in [0.1, 0.15) is 32.6 Å². The summed E-state index contributed by atoms with van der Waals surface area (Å²) in [6.45, 7) is 1.52. The SMILES string of the molecule is CC(=O)OCCCC(F)(F)CCCOc1ccc2cc(-c3ccccc3)n(C)c2c1. The number of fused-ring (bicyclic) bond motifs is 1. The summed E-state index contributed by atoms with van der Waals surface area (Å²) in [5, 5.41) is 1.10. The van der Waals surface area contributed by atoms with Crippen LogP contribution in [-0.4, -0.2) is 29.7 Å². The maximum absolute atomic E-state index is 13.9. The van der Waals surface area contributed by atoms with Crippen molar-refractivity contribution in [2.45, 2.75) is 38.5 Å². The van der Waals surface area contributed by atoms with E-state index in [-0.39, 0.29) is 38.9 Å². The van der Waals surface area contributed by atoms with Gasteiger partial charge in [0.2, 0.25) is 5.92 Å². The maximum Gasteiger partial charge on any atom is 0.302 e. The number of aromatic nitrogens is 1. The van der Waals surface area contributed by atoms with E-state index in [1.54, 1.807) is 0 Å². The smallest absolute Gasteiger partial charge is 0.302 e. The Morgan fingerprint density at radius 3 is 2.40 bits per heavy atom. The van der Waals surface area contributed by atoms with E-state index in [0.29, 0.717) is 5.75 Å². The van der Waals surface area contributed by atoms with E-state index >= 15 is 0 Å². The molecule has 0 aliphatic rings. The molecule has 0 amide bonds. The summed E-state index contributed by atoms with van der Waals surface area (Å²) in [5.41, 5.74) is 3.27. The van der Waals surface area contributed by atoms with Crippen molar-refractivity contribution in [2.75, 3.05) is 13.2 Å². The van der Waals surface area contributed by atoms with E-state index in [0.717, 1.165) is 22.2 Å². The lowest BCUT2D eigenvalue weighted by Crippen LogP contribution is -2.18. The number of alkyl halides is 2. The number of esters is 1. The van der Waals surface area contributed by atoms with Gasteiger partial charge in [-0.2, -0.15) is 0 Å². The molecule has 0 saturated heterocycles. The number of ether oxygens (including phenoxy) is 2. The average molecular weight is 415 g/mol. The summed E-state index contributed by atoms with van der Waals surface area (Å²) < 4.78 is 40.3. The number of carbonyl (C=O) groups excluding carboxylic acids is 1. The minimum Gasteiger partial charge on any atom is -0.494 e. The highest BCUT2D eigenvalue weighted by Gasteiger charge is 2.27. The number of benzene rings is 2. The van der Waals surface area contributed by atoms with Gasteiger partial charge in [0.05, 0.1) is 18.7 Å². The van der Waals surface area contributed by atoms with Crippen molar-refractivity contribution >= 4 is 16.9 Å². The Balaban J connectivity index is 1.53. The van der Waals surface area contributed by atoms with Crippen LogP contribution in [0.3, 0.4) is 0 Å². The lowest BCUT2D eigenvalue weighted by atomic mass is 10.1. The molecule has 6 heteroatoms. The van der Waals surface area contributed by atoms with Gasteiger partial charge in [-0.25, -0.2) is 8.78 Å². The predicted molar refractivity (Wildman–Crippen MR) is 114 cm³/mol. The van der Waals surface area contributed by atoms with Gasteiger partial charge in [0, 0.05) is 44.0 Å². The van der Waals surface area contributed by atoms with Gasteiger partial charge in [0.15, 0.2) is 0 Å². The molecule has 0 spiro atoms. The molecule has 30 heavy (non-hydrogen) atoms. The molecule has 0 aliphatic carbocycles. The summed E-state index contributed by atoms with van der Waals surface area (Å²) in [6.07, 6.45) is -0.141. The molecule has 0 N–H and O–H groups in total. The Morgan fingerprint density at radius 2 is 1.70 bits per heavy atom. The average Bonchev–Trinajstić information content (AvgIpc) is 3.05. The molecule has 1 heterocycles. The number of rotatable bonds is 10. The van der Waals surface area contributed by atoms with Crippen LogP contribution in [-0.2, 0) is 16.6 Å². The van der Waals surface area contributed by atoms with Gasteiger partial charge in [-0.1, -0.05) is 30.3 Å². The predicted octanol–water partition coefficient (Wildman–Crippen LogP) is 5.98. The van der Waals surface area contributed by atoms with Gasteiger partial charge in [-0.3, -0.25) is 4.79 Å². The molecule has 3 aromatic rings. The topological polar surface area (TPSA) is 40.5 Å². The first kappa shape index (κ1) is 21.8. The number of nitrogens with zero attached hydrogens (tertiary/aromatic N) is 1. The third kappa shape index (κ3) is 5.81. The molecule has 4 nitrogen and oxygen atoms in total. The summed E-state index contributed by atoms with van der Waals surface area (Å²) in [7, 11) is 2.00. The van der Waals surface area contributed by atoms with Gasteiger partial charge in [-0.15, -0.1) is 0 Å². The molecular formula is C24H27F2NO3. The Bertz CT molecular complexity index is 983. The zero-order chi connectivity index (χ0) is 21.6. The second-order valence-corrected chi connectivity index (χ2v) is 7.43. The number of halogens is 2. The fourth-order valence-corrected chi connectivity index (χ4v) is 3.48. The van der Waals surface area contributed by atoms with E-state index in [1.165, 1.54) is 6.92 Å². The van der Waals surface area contributed by atoms with E-state index < -0.39 is 11.9 Å². The first-order valence-corrected chi connectivity index (χ1v) is 10.1. The summed E-state index contributed by atoms with van der Waals surface area (Å²) >= 11 is 0. The highest BCUT2D eigenvalue weighted by atomic mass is 19.3.